The maximum absolute atomic E-state index is 11.9. The lowest BCUT2D eigenvalue weighted by molar-refractivity contribution is -0.307. The first-order valence-corrected chi connectivity index (χ1v) is 6.42. The third kappa shape index (κ3) is 2.82. The van der Waals surface area contributed by atoms with Gasteiger partial charge in [0.1, 0.15) is 17.9 Å². The fourth-order valence-corrected chi connectivity index (χ4v) is 2.15. The number of aliphatic carboxylic acids is 1. The van der Waals surface area contributed by atoms with Crippen LogP contribution in [0.1, 0.15) is 24.5 Å². The molecule has 0 radical (unpaired) electrons. The van der Waals surface area contributed by atoms with E-state index in [0.29, 0.717) is 23.3 Å². The Morgan fingerprint density at radius 1 is 1.40 bits per heavy atom. The number of ether oxygens (including phenoxy) is 1. The predicted octanol–water partition coefficient (Wildman–Crippen LogP) is 1.18. The molecule has 2 rings (SSSR count). The van der Waals surface area contributed by atoms with Gasteiger partial charge in [0.15, 0.2) is 0 Å². The highest BCUT2D eigenvalue weighted by Gasteiger charge is 2.11. The summed E-state index contributed by atoms with van der Waals surface area (Å²) in [6.45, 7) is 3.34. The van der Waals surface area contributed by atoms with E-state index in [1.54, 1.807) is 12.1 Å². The molecule has 0 unspecified atom stereocenters. The molecule has 0 fully saturated rings. The average molecular weight is 275 g/mol. The molecule has 2 aromatic rings. The number of hydrogen-bond donors (Lipinski definition) is 0. The molecule has 0 aliphatic rings. The minimum atomic E-state index is -1.30. The second kappa shape index (κ2) is 5.77. The average Bonchev–Trinajstić information content (AvgIpc) is 2.41. The summed E-state index contributed by atoms with van der Waals surface area (Å²) >= 11 is 0. The second-order valence-corrected chi connectivity index (χ2v) is 4.56. The molecule has 1 heterocycles. The van der Waals surface area contributed by atoms with E-state index in [1.165, 1.54) is 6.07 Å². The van der Waals surface area contributed by atoms with Crippen LogP contribution in [0.2, 0.25) is 0 Å². The number of carboxylic acid groups (broad SMARTS) is 1. The van der Waals surface area contributed by atoms with E-state index in [0.717, 1.165) is 17.4 Å². The van der Waals surface area contributed by atoms with Gasteiger partial charge in [-0.3, -0.25) is 0 Å². The van der Waals surface area contributed by atoms with Crippen LogP contribution in [0.5, 0.6) is 5.75 Å². The van der Waals surface area contributed by atoms with Gasteiger partial charge in [-0.25, -0.2) is 4.79 Å². The zero-order valence-electron chi connectivity index (χ0n) is 11.4. The van der Waals surface area contributed by atoms with E-state index in [-0.39, 0.29) is 5.63 Å². The van der Waals surface area contributed by atoms with Gasteiger partial charge in [0.25, 0.3) is 0 Å². The molecule has 1 aromatic carbocycles. The number of hydrogen-bond acceptors (Lipinski definition) is 5. The topological polar surface area (TPSA) is 79.6 Å². The molecule has 0 aliphatic carbocycles. The summed E-state index contributed by atoms with van der Waals surface area (Å²) in [6, 6.07) is 4.92. The maximum atomic E-state index is 11.9. The van der Waals surface area contributed by atoms with E-state index in [2.05, 4.69) is 0 Å². The van der Waals surface area contributed by atoms with Crippen molar-refractivity contribution in [2.75, 3.05) is 6.61 Å². The van der Waals surface area contributed by atoms with Gasteiger partial charge in [0, 0.05) is 17.0 Å². The van der Waals surface area contributed by atoms with Gasteiger partial charge in [0.2, 0.25) is 0 Å². The van der Waals surface area contributed by atoms with Crippen molar-refractivity contribution in [3.05, 3.63) is 39.7 Å². The van der Waals surface area contributed by atoms with Crippen LogP contribution >= 0.6 is 0 Å². The quantitative estimate of drug-likeness (QED) is 0.765. The molecule has 1 aromatic heterocycles. The largest absolute Gasteiger partial charge is 0.546 e. The van der Waals surface area contributed by atoms with Crippen LogP contribution in [-0.4, -0.2) is 12.6 Å². The number of carboxylic acids is 1. The highest BCUT2D eigenvalue weighted by Crippen LogP contribution is 2.24. The van der Waals surface area contributed by atoms with Crippen molar-refractivity contribution < 1.29 is 19.1 Å². The van der Waals surface area contributed by atoms with Crippen LogP contribution in [0.15, 0.2) is 27.4 Å². The van der Waals surface area contributed by atoms with Crippen LogP contribution in [0.3, 0.4) is 0 Å². The summed E-state index contributed by atoms with van der Waals surface area (Å²) < 4.78 is 10.3. The first-order valence-electron chi connectivity index (χ1n) is 6.42. The first kappa shape index (κ1) is 14.1. The Morgan fingerprint density at radius 2 is 2.15 bits per heavy atom. The molecule has 106 valence electrons. The van der Waals surface area contributed by atoms with Crippen molar-refractivity contribution in [1.29, 1.82) is 0 Å². The standard InChI is InChI=1S/C15H16O5/c1-3-4-12-9(2)11-6-5-10(19-8-14(16)17)7-13(11)20-15(12)18/h5-7H,3-4,8H2,1-2H3,(H,16,17)/p-1. The molecule has 0 saturated carbocycles. The third-order valence-electron chi connectivity index (χ3n) is 3.12. The Labute approximate surface area is 115 Å². The SMILES string of the molecule is CCCc1c(C)c2ccc(OCC(=O)[O-])cc2oc1=O. The number of carbonyl (C=O) groups excluding carboxylic acids is 1. The van der Waals surface area contributed by atoms with Crippen molar-refractivity contribution in [3.8, 4) is 5.75 Å². The molecular formula is C15H15O5-. The van der Waals surface area contributed by atoms with Gasteiger partial charge in [-0.15, -0.1) is 0 Å². The summed E-state index contributed by atoms with van der Waals surface area (Å²) in [5.41, 5.74) is 1.62. The number of benzene rings is 1. The third-order valence-corrected chi connectivity index (χ3v) is 3.12. The molecule has 0 amide bonds. The highest BCUT2D eigenvalue weighted by atomic mass is 16.5. The van der Waals surface area contributed by atoms with Crippen LogP contribution in [0.4, 0.5) is 0 Å². The van der Waals surface area contributed by atoms with Crippen LogP contribution in [0.25, 0.3) is 11.0 Å². The molecule has 20 heavy (non-hydrogen) atoms. The van der Waals surface area contributed by atoms with E-state index >= 15 is 0 Å². The van der Waals surface area contributed by atoms with Gasteiger partial charge in [0.05, 0.1) is 5.97 Å². The number of carbonyl (C=O) groups is 1. The van der Waals surface area contributed by atoms with Gasteiger partial charge < -0.3 is 19.1 Å². The van der Waals surface area contributed by atoms with Crippen molar-refractivity contribution in [3.63, 3.8) is 0 Å². The highest BCUT2D eigenvalue weighted by molar-refractivity contribution is 5.82. The Kier molecular flexibility index (Phi) is 4.08. The van der Waals surface area contributed by atoms with Gasteiger partial charge in [-0.2, -0.15) is 0 Å². The number of rotatable bonds is 5. The Morgan fingerprint density at radius 3 is 2.80 bits per heavy atom. The van der Waals surface area contributed by atoms with Crippen LogP contribution < -0.4 is 15.5 Å². The van der Waals surface area contributed by atoms with Crippen molar-refractivity contribution in [2.24, 2.45) is 0 Å². The minimum absolute atomic E-state index is 0.326. The summed E-state index contributed by atoms with van der Waals surface area (Å²) in [5, 5.41) is 11.2. The Hall–Kier alpha value is -2.30. The van der Waals surface area contributed by atoms with Gasteiger partial charge in [-0.1, -0.05) is 13.3 Å². The van der Waals surface area contributed by atoms with E-state index in [9.17, 15) is 14.7 Å². The fourth-order valence-electron chi connectivity index (χ4n) is 2.15. The van der Waals surface area contributed by atoms with Gasteiger partial charge >= 0.3 is 5.63 Å². The number of fused-ring (bicyclic) bond motifs is 1. The van der Waals surface area contributed by atoms with Crippen molar-refractivity contribution >= 4 is 16.9 Å². The molecule has 0 bridgehead atoms. The molecule has 0 atom stereocenters. The van der Waals surface area contributed by atoms with E-state index in [1.807, 2.05) is 13.8 Å². The van der Waals surface area contributed by atoms with Gasteiger partial charge in [-0.05, 0) is 31.0 Å². The Balaban J connectivity index is 2.46. The molecule has 0 aliphatic heterocycles. The van der Waals surface area contributed by atoms with Crippen molar-refractivity contribution in [1.82, 2.24) is 0 Å². The molecule has 5 heteroatoms. The Bertz CT molecular complexity index is 699. The zero-order valence-corrected chi connectivity index (χ0v) is 11.4. The maximum Gasteiger partial charge on any atom is 0.339 e. The van der Waals surface area contributed by atoms with Crippen LogP contribution in [-0.2, 0) is 11.2 Å². The summed E-state index contributed by atoms with van der Waals surface area (Å²) in [5.74, 6) is -0.978. The molecular weight excluding hydrogens is 260 g/mol. The number of aryl methyl sites for hydroxylation is 1. The smallest absolute Gasteiger partial charge is 0.339 e. The lowest BCUT2D eigenvalue weighted by atomic mass is 10.0. The normalized spacial score (nSPS) is 10.7. The lowest BCUT2D eigenvalue weighted by Crippen LogP contribution is -2.28. The minimum Gasteiger partial charge on any atom is -0.546 e. The monoisotopic (exact) mass is 275 g/mol. The second-order valence-electron chi connectivity index (χ2n) is 4.56. The van der Waals surface area contributed by atoms with E-state index < -0.39 is 12.6 Å². The van der Waals surface area contributed by atoms with Crippen molar-refractivity contribution in [2.45, 2.75) is 26.7 Å². The summed E-state index contributed by atoms with van der Waals surface area (Å²) in [7, 11) is 0. The fraction of sp³-hybridized carbons (Fsp3) is 0.333. The molecule has 0 spiro atoms. The van der Waals surface area contributed by atoms with E-state index in [4.69, 9.17) is 9.15 Å². The molecule has 5 nitrogen and oxygen atoms in total. The van der Waals surface area contributed by atoms with Crippen LogP contribution in [0, 0.1) is 6.92 Å². The molecule has 0 saturated heterocycles. The predicted molar refractivity (Wildman–Crippen MR) is 71.7 cm³/mol. The summed E-state index contributed by atoms with van der Waals surface area (Å²) in [4.78, 5) is 22.3. The lowest BCUT2D eigenvalue weighted by Gasteiger charge is -2.10. The first-order chi connectivity index (χ1) is 9.52. The zero-order chi connectivity index (χ0) is 14.7. The summed E-state index contributed by atoms with van der Waals surface area (Å²) in [6.07, 6.45) is 1.54. The molecule has 0 N–H and O–H groups in total.